The summed E-state index contributed by atoms with van der Waals surface area (Å²) in [5.41, 5.74) is 4.27. The molecule has 0 bridgehead atoms. The molecule has 0 unspecified atom stereocenters. The Balaban J connectivity index is 1.48. The minimum atomic E-state index is -0.165. The highest BCUT2D eigenvalue weighted by atomic mass is 16.5. The first-order valence-electron chi connectivity index (χ1n) is 10.5. The SMILES string of the molecule is Cc1cccc(C)c1OCCCn1c(CN(C)C(=O)c2ccco2)nc2ccccc21. The van der Waals surface area contributed by atoms with E-state index in [9.17, 15) is 4.79 Å². The number of rotatable bonds is 8. The largest absolute Gasteiger partial charge is 0.493 e. The highest BCUT2D eigenvalue weighted by Gasteiger charge is 2.18. The van der Waals surface area contributed by atoms with E-state index < -0.39 is 0 Å². The van der Waals surface area contributed by atoms with E-state index in [4.69, 9.17) is 14.1 Å². The molecule has 0 saturated carbocycles. The maximum absolute atomic E-state index is 12.6. The number of fused-ring (bicyclic) bond motifs is 1. The van der Waals surface area contributed by atoms with Crippen molar-refractivity contribution in [1.29, 1.82) is 0 Å². The van der Waals surface area contributed by atoms with E-state index in [1.165, 1.54) is 6.26 Å². The normalized spacial score (nSPS) is 11.1. The topological polar surface area (TPSA) is 60.5 Å². The first-order valence-corrected chi connectivity index (χ1v) is 10.5. The zero-order chi connectivity index (χ0) is 21.8. The Bertz CT molecular complexity index is 1160. The summed E-state index contributed by atoms with van der Waals surface area (Å²) in [7, 11) is 1.76. The molecule has 0 atom stereocenters. The van der Waals surface area contributed by atoms with Crippen LogP contribution in [0.3, 0.4) is 0 Å². The Kier molecular flexibility index (Phi) is 6.07. The first-order chi connectivity index (χ1) is 15.0. The molecule has 0 aliphatic rings. The van der Waals surface area contributed by atoms with Gasteiger partial charge in [-0.05, 0) is 55.7 Å². The second-order valence-corrected chi connectivity index (χ2v) is 7.73. The van der Waals surface area contributed by atoms with Gasteiger partial charge in [0, 0.05) is 13.6 Å². The number of furan rings is 1. The number of nitrogens with zero attached hydrogens (tertiary/aromatic N) is 3. The minimum Gasteiger partial charge on any atom is -0.493 e. The zero-order valence-electron chi connectivity index (χ0n) is 18.2. The Morgan fingerprint density at radius 2 is 1.84 bits per heavy atom. The van der Waals surface area contributed by atoms with Gasteiger partial charge in [0.25, 0.3) is 5.91 Å². The van der Waals surface area contributed by atoms with Crippen molar-refractivity contribution < 1.29 is 13.9 Å². The number of carbonyl (C=O) groups is 1. The Morgan fingerprint density at radius 3 is 2.58 bits per heavy atom. The smallest absolute Gasteiger partial charge is 0.289 e. The summed E-state index contributed by atoms with van der Waals surface area (Å²) >= 11 is 0. The maximum Gasteiger partial charge on any atom is 0.289 e. The molecule has 4 rings (SSSR count). The highest BCUT2D eigenvalue weighted by molar-refractivity contribution is 5.91. The standard InChI is InChI=1S/C25H27N3O3/c1-18-9-6-10-19(2)24(18)31-16-8-14-28-21-12-5-4-11-20(21)26-23(28)17-27(3)25(29)22-13-7-15-30-22/h4-7,9-13,15H,8,14,16-17H2,1-3H3. The molecule has 0 fully saturated rings. The van der Waals surface area contributed by atoms with Gasteiger partial charge in [-0.2, -0.15) is 0 Å². The van der Waals surface area contributed by atoms with Crippen LogP contribution in [0.25, 0.3) is 11.0 Å². The fraction of sp³-hybridized carbons (Fsp3) is 0.280. The van der Waals surface area contributed by atoms with Crippen molar-refractivity contribution in [3.8, 4) is 5.75 Å². The lowest BCUT2D eigenvalue weighted by molar-refractivity contribution is 0.0748. The monoisotopic (exact) mass is 417 g/mol. The van der Waals surface area contributed by atoms with E-state index in [-0.39, 0.29) is 5.91 Å². The summed E-state index contributed by atoms with van der Waals surface area (Å²) in [5, 5.41) is 0. The van der Waals surface area contributed by atoms with Crippen molar-refractivity contribution >= 4 is 16.9 Å². The van der Waals surface area contributed by atoms with Crippen LogP contribution >= 0.6 is 0 Å². The average Bonchev–Trinajstić information content (AvgIpc) is 3.41. The molecule has 6 nitrogen and oxygen atoms in total. The van der Waals surface area contributed by atoms with Gasteiger partial charge in [-0.1, -0.05) is 30.3 Å². The number of aromatic nitrogens is 2. The molecule has 0 aliphatic heterocycles. The molecular weight excluding hydrogens is 390 g/mol. The predicted molar refractivity (Wildman–Crippen MR) is 120 cm³/mol. The molecule has 2 aromatic carbocycles. The lowest BCUT2D eigenvalue weighted by atomic mass is 10.1. The van der Waals surface area contributed by atoms with Gasteiger partial charge < -0.3 is 18.6 Å². The lowest BCUT2D eigenvalue weighted by Crippen LogP contribution is -2.27. The molecule has 0 radical (unpaired) electrons. The van der Waals surface area contributed by atoms with Crippen LogP contribution in [0.1, 0.15) is 33.9 Å². The van der Waals surface area contributed by atoms with E-state index in [0.29, 0.717) is 18.9 Å². The molecule has 6 heteroatoms. The number of amides is 1. The third-order valence-corrected chi connectivity index (χ3v) is 5.37. The molecule has 0 aliphatic carbocycles. The van der Waals surface area contributed by atoms with Crippen molar-refractivity contribution in [3.05, 3.63) is 83.6 Å². The third-order valence-electron chi connectivity index (χ3n) is 5.37. The minimum absolute atomic E-state index is 0.165. The maximum atomic E-state index is 12.6. The van der Waals surface area contributed by atoms with Gasteiger partial charge in [-0.15, -0.1) is 0 Å². The van der Waals surface area contributed by atoms with E-state index in [0.717, 1.165) is 46.7 Å². The Morgan fingerprint density at radius 1 is 1.06 bits per heavy atom. The quantitative estimate of drug-likeness (QED) is 0.379. The number of ether oxygens (including phenoxy) is 1. The molecule has 0 saturated heterocycles. The van der Waals surface area contributed by atoms with Gasteiger partial charge >= 0.3 is 0 Å². The molecule has 2 heterocycles. The number of hydrogen-bond acceptors (Lipinski definition) is 4. The van der Waals surface area contributed by atoms with E-state index in [1.807, 2.05) is 24.3 Å². The van der Waals surface area contributed by atoms with Crippen molar-refractivity contribution in [2.45, 2.75) is 33.4 Å². The average molecular weight is 418 g/mol. The van der Waals surface area contributed by atoms with Crippen LogP contribution in [-0.2, 0) is 13.1 Å². The molecule has 160 valence electrons. The summed E-state index contributed by atoms with van der Waals surface area (Å²) in [5.74, 6) is 1.96. The summed E-state index contributed by atoms with van der Waals surface area (Å²) in [6.07, 6.45) is 2.34. The fourth-order valence-electron chi connectivity index (χ4n) is 3.79. The summed E-state index contributed by atoms with van der Waals surface area (Å²) in [6.45, 7) is 5.89. The number of benzene rings is 2. The summed E-state index contributed by atoms with van der Waals surface area (Å²) < 4.78 is 13.5. The van der Waals surface area contributed by atoms with Crippen LogP contribution in [0.4, 0.5) is 0 Å². The molecular formula is C25H27N3O3. The molecule has 0 N–H and O–H groups in total. The Hall–Kier alpha value is -3.54. The van der Waals surface area contributed by atoms with E-state index in [2.05, 4.69) is 36.6 Å². The number of aryl methyl sites for hydroxylation is 3. The van der Waals surface area contributed by atoms with Crippen LogP contribution in [0.15, 0.2) is 65.3 Å². The number of para-hydroxylation sites is 3. The second-order valence-electron chi connectivity index (χ2n) is 7.73. The third kappa shape index (κ3) is 4.48. The number of hydrogen-bond donors (Lipinski definition) is 0. The van der Waals surface area contributed by atoms with Crippen LogP contribution in [0.5, 0.6) is 5.75 Å². The van der Waals surface area contributed by atoms with Crippen molar-refractivity contribution in [2.24, 2.45) is 0 Å². The van der Waals surface area contributed by atoms with Crippen LogP contribution in [0, 0.1) is 13.8 Å². The zero-order valence-corrected chi connectivity index (χ0v) is 18.2. The predicted octanol–water partition coefficient (Wildman–Crippen LogP) is 4.99. The van der Waals surface area contributed by atoms with E-state index >= 15 is 0 Å². The number of carbonyl (C=O) groups excluding carboxylic acids is 1. The van der Waals surface area contributed by atoms with Crippen molar-refractivity contribution in [3.63, 3.8) is 0 Å². The van der Waals surface area contributed by atoms with Gasteiger partial charge in [-0.25, -0.2) is 4.98 Å². The fourth-order valence-corrected chi connectivity index (χ4v) is 3.79. The highest BCUT2D eigenvalue weighted by Crippen LogP contribution is 2.23. The molecule has 1 amide bonds. The van der Waals surface area contributed by atoms with Crippen LogP contribution in [-0.4, -0.2) is 34.0 Å². The van der Waals surface area contributed by atoms with Gasteiger partial charge in [-0.3, -0.25) is 4.79 Å². The first kappa shape index (κ1) is 20.7. The molecule has 0 spiro atoms. The molecule has 31 heavy (non-hydrogen) atoms. The summed E-state index contributed by atoms with van der Waals surface area (Å²) in [6, 6.07) is 17.6. The summed E-state index contributed by atoms with van der Waals surface area (Å²) in [4.78, 5) is 19.0. The molecule has 4 aromatic rings. The number of imidazole rings is 1. The lowest BCUT2D eigenvalue weighted by Gasteiger charge is -2.17. The van der Waals surface area contributed by atoms with Crippen molar-refractivity contribution in [1.82, 2.24) is 14.5 Å². The second kappa shape index (κ2) is 9.08. The van der Waals surface area contributed by atoms with Gasteiger partial charge in [0.15, 0.2) is 5.76 Å². The molecule has 2 aromatic heterocycles. The van der Waals surface area contributed by atoms with E-state index in [1.54, 1.807) is 24.1 Å². The van der Waals surface area contributed by atoms with Gasteiger partial charge in [0.1, 0.15) is 11.6 Å². The van der Waals surface area contributed by atoms with Gasteiger partial charge in [0.05, 0.1) is 30.4 Å². The van der Waals surface area contributed by atoms with Gasteiger partial charge in [0.2, 0.25) is 0 Å². The Labute approximate surface area is 182 Å². The van der Waals surface area contributed by atoms with Crippen LogP contribution < -0.4 is 4.74 Å². The van der Waals surface area contributed by atoms with Crippen molar-refractivity contribution in [2.75, 3.05) is 13.7 Å². The van der Waals surface area contributed by atoms with Crippen LogP contribution in [0.2, 0.25) is 0 Å².